The van der Waals surface area contributed by atoms with Crippen molar-refractivity contribution in [3.05, 3.63) is 23.8 Å². The maximum Gasteiger partial charge on any atom is 0.161 e. The number of rotatable bonds is 5. The number of hydrogen-bond donors (Lipinski definition) is 1. The van der Waals surface area contributed by atoms with Gasteiger partial charge in [0.1, 0.15) is 6.10 Å². The van der Waals surface area contributed by atoms with Gasteiger partial charge in [-0.25, -0.2) is 0 Å². The Balaban J connectivity index is 1.72. The molecule has 2 fully saturated rings. The first kappa shape index (κ1) is 13.1. The van der Waals surface area contributed by atoms with Crippen molar-refractivity contribution in [2.24, 2.45) is 5.73 Å². The average Bonchev–Trinajstić information content (AvgIpc) is 2.92. The molecule has 1 aromatic rings. The van der Waals surface area contributed by atoms with Gasteiger partial charge in [-0.15, -0.1) is 0 Å². The highest BCUT2D eigenvalue weighted by molar-refractivity contribution is 7.99. The molecule has 104 valence electrons. The van der Waals surface area contributed by atoms with E-state index in [1.807, 2.05) is 17.8 Å². The fourth-order valence-corrected chi connectivity index (χ4v) is 3.54. The molecule has 1 aliphatic carbocycles. The summed E-state index contributed by atoms with van der Waals surface area (Å²) in [5, 5.41) is 0. The molecule has 1 atom stereocenters. The molecule has 0 spiro atoms. The molecule has 3 rings (SSSR count). The fraction of sp³-hybridized carbons (Fsp3) is 0.600. The van der Waals surface area contributed by atoms with Crippen molar-refractivity contribution < 1.29 is 9.47 Å². The summed E-state index contributed by atoms with van der Waals surface area (Å²) in [6.07, 6.45) is 4.65. The largest absolute Gasteiger partial charge is 0.493 e. The van der Waals surface area contributed by atoms with E-state index < -0.39 is 0 Å². The van der Waals surface area contributed by atoms with Crippen LogP contribution < -0.4 is 15.2 Å². The molecular weight excluding hydrogens is 258 g/mol. The van der Waals surface area contributed by atoms with Crippen LogP contribution in [0.1, 0.15) is 24.8 Å². The maximum absolute atomic E-state index is 6.17. The maximum atomic E-state index is 6.17. The molecule has 1 aromatic carbocycles. The Bertz CT molecular complexity index is 453. The van der Waals surface area contributed by atoms with Gasteiger partial charge in [0, 0.05) is 11.3 Å². The van der Waals surface area contributed by atoms with E-state index in [9.17, 15) is 0 Å². The van der Waals surface area contributed by atoms with Gasteiger partial charge in [-0.2, -0.15) is 11.8 Å². The fourth-order valence-electron chi connectivity index (χ4n) is 2.45. The van der Waals surface area contributed by atoms with E-state index in [-0.39, 0.29) is 5.54 Å². The van der Waals surface area contributed by atoms with Crippen LogP contribution in [-0.4, -0.2) is 30.3 Å². The van der Waals surface area contributed by atoms with E-state index >= 15 is 0 Å². The quantitative estimate of drug-likeness (QED) is 0.900. The molecule has 4 heteroatoms. The van der Waals surface area contributed by atoms with Crippen molar-refractivity contribution in [2.75, 3.05) is 18.6 Å². The van der Waals surface area contributed by atoms with E-state index in [0.29, 0.717) is 6.10 Å². The summed E-state index contributed by atoms with van der Waals surface area (Å²) in [6, 6.07) is 6.22. The monoisotopic (exact) mass is 279 g/mol. The summed E-state index contributed by atoms with van der Waals surface area (Å²) in [4.78, 5) is 0. The molecule has 0 amide bonds. The van der Waals surface area contributed by atoms with E-state index in [0.717, 1.165) is 42.9 Å². The molecule has 0 bridgehead atoms. The second kappa shape index (κ2) is 5.25. The number of ether oxygens (including phenoxy) is 2. The zero-order valence-electron chi connectivity index (χ0n) is 11.4. The minimum absolute atomic E-state index is 0.0372. The molecule has 0 radical (unpaired) electrons. The number of methoxy groups -OCH3 is 1. The van der Waals surface area contributed by atoms with Crippen molar-refractivity contribution in [1.82, 2.24) is 0 Å². The van der Waals surface area contributed by atoms with E-state index in [4.69, 9.17) is 15.2 Å². The van der Waals surface area contributed by atoms with Gasteiger partial charge < -0.3 is 15.2 Å². The van der Waals surface area contributed by atoms with Crippen molar-refractivity contribution in [3.63, 3.8) is 0 Å². The molecule has 1 saturated carbocycles. The van der Waals surface area contributed by atoms with Crippen molar-refractivity contribution in [2.45, 2.75) is 37.3 Å². The summed E-state index contributed by atoms with van der Waals surface area (Å²) < 4.78 is 11.5. The zero-order chi connectivity index (χ0) is 13.3. The number of hydrogen-bond acceptors (Lipinski definition) is 4. The number of benzene rings is 1. The lowest BCUT2D eigenvalue weighted by molar-refractivity contribution is 0.218. The van der Waals surface area contributed by atoms with Gasteiger partial charge >= 0.3 is 0 Å². The van der Waals surface area contributed by atoms with Crippen LogP contribution in [-0.2, 0) is 6.42 Å². The van der Waals surface area contributed by atoms with E-state index in [1.165, 1.54) is 11.3 Å². The van der Waals surface area contributed by atoms with Gasteiger partial charge in [0.2, 0.25) is 0 Å². The lowest BCUT2D eigenvalue weighted by Crippen LogP contribution is -2.24. The van der Waals surface area contributed by atoms with Gasteiger partial charge in [-0.1, -0.05) is 6.07 Å². The Hall–Kier alpha value is -0.870. The highest BCUT2D eigenvalue weighted by Crippen LogP contribution is 2.38. The second-order valence-corrected chi connectivity index (χ2v) is 6.78. The molecule has 1 heterocycles. The van der Waals surface area contributed by atoms with Crippen molar-refractivity contribution >= 4 is 11.8 Å². The molecule has 1 unspecified atom stereocenters. The van der Waals surface area contributed by atoms with Crippen LogP contribution in [0.15, 0.2) is 18.2 Å². The first-order valence-electron chi connectivity index (χ1n) is 6.89. The summed E-state index contributed by atoms with van der Waals surface area (Å²) in [5.74, 6) is 3.97. The first-order chi connectivity index (χ1) is 9.18. The number of thioether (sulfide) groups is 1. The predicted molar refractivity (Wildman–Crippen MR) is 79.2 cm³/mol. The summed E-state index contributed by atoms with van der Waals surface area (Å²) in [7, 11) is 1.70. The van der Waals surface area contributed by atoms with Crippen LogP contribution in [0, 0.1) is 0 Å². The van der Waals surface area contributed by atoms with Crippen LogP contribution in [0.3, 0.4) is 0 Å². The van der Waals surface area contributed by atoms with Gasteiger partial charge in [-0.3, -0.25) is 0 Å². The lowest BCUT2D eigenvalue weighted by Gasteiger charge is -2.17. The Morgan fingerprint density at radius 1 is 1.37 bits per heavy atom. The lowest BCUT2D eigenvalue weighted by atomic mass is 10.0. The zero-order valence-corrected chi connectivity index (χ0v) is 12.2. The van der Waals surface area contributed by atoms with Crippen LogP contribution in [0.4, 0.5) is 0 Å². The second-order valence-electron chi connectivity index (χ2n) is 5.63. The van der Waals surface area contributed by atoms with Crippen LogP contribution in [0.5, 0.6) is 11.5 Å². The van der Waals surface area contributed by atoms with Crippen molar-refractivity contribution in [1.29, 1.82) is 0 Å². The Morgan fingerprint density at radius 3 is 2.84 bits per heavy atom. The molecular formula is C15H21NO2S. The summed E-state index contributed by atoms with van der Waals surface area (Å²) in [6.45, 7) is 0. The SMILES string of the molecule is COc1cc(CC2(N)CC2)ccc1OC1CCSC1. The highest BCUT2D eigenvalue weighted by Gasteiger charge is 2.38. The van der Waals surface area contributed by atoms with Gasteiger partial charge in [0.05, 0.1) is 7.11 Å². The molecule has 1 aliphatic heterocycles. The van der Waals surface area contributed by atoms with Crippen LogP contribution in [0.25, 0.3) is 0 Å². The Kier molecular flexibility index (Phi) is 3.63. The molecule has 3 nitrogen and oxygen atoms in total. The van der Waals surface area contributed by atoms with E-state index in [1.54, 1.807) is 7.11 Å². The minimum Gasteiger partial charge on any atom is -0.493 e. The summed E-state index contributed by atoms with van der Waals surface area (Å²) in [5.41, 5.74) is 7.44. The average molecular weight is 279 g/mol. The van der Waals surface area contributed by atoms with Crippen molar-refractivity contribution in [3.8, 4) is 11.5 Å². The predicted octanol–water partition coefficient (Wildman–Crippen LogP) is 2.61. The first-order valence-corrected chi connectivity index (χ1v) is 8.04. The normalized spacial score (nSPS) is 24.2. The topological polar surface area (TPSA) is 44.5 Å². The third kappa shape index (κ3) is 3.18. The minimum atomic E-state index is 0.0372. The smallest absolute Gasteiger partial charge is 0.161 e. The molecule has 1 saturated heterocycles. The summed E-state index contributed by atoms with van der Waals surface area (Å²) >= 11 is 1.95. The Labute approximate surface area is 118 Å². The standard InChI is InChI=1S/C15H21NO2S/c1-17-14-8-11(9-15(16)5-6-15)2-3-13(14)18-12-4-7-19-10-12/h2-3,8,12H,4-7,9-10,16H2,1H3. The van der Waals surface area contributed by atoms with Gasteiger partial charge in [-0.05, 0) is 49.1 Å². The van der Waals surface area contributed by atoms with Crippen LogP contribution >= 0.6 is 11.8 Å². The third-order valence-corrected chi connectivity index (χ3v) is 4.99. The van der Waals surface area contributed by atoms with Gasteiger partial charge in [0.25, 0.3) is 0 Å². The molecule has 2 aliphatic rings. The molecule has 2 N–H and O–H groups in total. The molecule has 0 aromatic heterocycles. The number of nitrogens with two attached hydrogens (primary N) is 1. The molecule has 19 heavy (non-hydrogen) atoms. The Morgan fingerprint density at radius 2 is 2.21 bits per heavy atom. The van der Waals surface area contributed by atoms with Crippen LogP contribution in [0.2, 0.25) is 0 Å². The highest BCUT2D eigenvalue weighted by atomic mass is 32.2. The third-order valence-electron chi connectivity index (χ3n) is 3.86. The van der Waals surface area contributed by atoms with Gasteiger partial charge in [0.15, 0.2) is 11.5 Å². The van der Waals surface area contributed by atoms with E-state index in [2.05, 4.69) is 12.1 Å².